The molecule has 0 unspecified atom stereocenters. The van der Waals surface area contributed by atoms with Gasteiger partial charge in [0.15, 0.2) is 0 Å². The number of nitrogens with one attached hydrogen (secondary N) is 1. The van der Waals surface area contributed by atoms with Gasteiger partial charge in [-0.3, -0.25) is 0 Å². The highest BCUT2D eigenvalue weighted by Gasteiger charge is 2.20. The van der Waals surface area contributed by atoms with E-state index in [1.54, 1.807) is 7.11 Å². The smallest absolute Gasteiger partial charge is 0.407 e. The van der Waals surface area contributed by atoms with Gasteiger partial charge in [-0.2, -0.15) is 0 Å². The number of aryl methyl sites for hydroxylation is 1. The minimum atomic E-state index is -0.343. The van der Waals surface area contributed by atoms with Crippen molar-refractivity contribution in [3.63, 3.8) is 0 Å². The van der Waals surface area contributed by atoms with Crippen LogP contribution in [0.1, 0.15) is 23.6 Å². The van der Waals surface area contributed by atoms with Crippen LogP contribution < -0.4 is 10.1 Å². The number of alkyl carbamates (subject to hydrolysis) is 1. The fourth-order valence-corrected chi connectivity index (χ4v) is 1.89. The lowest BCUT2D eigenvalue weighted by atomic mass is 10.0. The average Bonchev–Trinajstić information content (AvgIpc) is 2.29. The van der Waals surface area contributed by atoms with Gasteiger partial charge >= 0.3 is 6.09 Å². The van der Waals surface area contributed by atoms with E-state index >= 15 is 0 Å². The molecule has 1 aliphatic rings. The van der Waals surface area contributed by atoms with Crippen molar-refractivity contribution in [2.45, 2.75) is 19.4 Å². The molecule has 1 aromatic carbocycles. The van der Waals surface area contributed by atoms with Crippen LogP contribution in [0.25, 0.3) is 0 Å². The summed E-state index contributed by atoms with van der Waals surface area (Å²) in [5, 5.41) is 2.80. The number of carbonyl (C=O) groups is 1. The highest BCUT2D eigenvalue weighted by atomic mass is 35.5. The van der Waals surface area contributed by atoms with Crippen molar-refractivity contribution < 1.29 is 14.3 Å². The summed E-state index contributed by atoms with van der Waals surface area (Å²) in [4.78, 5) is 11.1. The standard InChI is InChI=1S/C12H15NO3.ClH/c1-8-7-9(3-4-11(8)15-2)10-5-6-16-12(14)13-10;/h3-4,7,10H,5-6H2,1-2H3,(H,13,14);1H/t10-;/m0./s1. The monoisotopic (exact) mass is 257 g/mol. The zero-order chi connectivity index (χ0) is 11.5. The van der Waals surface area contributed by atoms with Crippen LogP contribution in [0.15, 0.2) is 18.2 Å². The van der Waals surface area contributed by atoms with E-state index in [-0.39, 0.29) is 24.5 Å². The molecule has 0 spiro atoms. The molecule has 0 bridgehead atoms. The molecule has 2 rings (SSSR count). The molecule has 1 aromatic rings. The van der Waals surface area contributed by atoms with Crippen molar-refractivity contribution in [2.24, 2.45) is 0 Å². The Labute approximate surface area is 107 Å². The summed E-state index contributed by atoms with van der Waals surface area (Å²) in [6.45, 7) is 2.46. The summed E-state index contributed by atoms with van der Waals surface area (Å²) in [5.41, 5.74) is 2.16. The fraction of sp³-hybridized carbons (Fsp3) is 0.417. The molecule has 1 atom stereocenters. The van der Waals surface area contributed by atoms with Crippen LogP contribution in [0.5, 0.6) is 5.75 Å². The fourth-order valence-electron chi connectivity index (χ4n) is 1.89. The van der Waals surface area contributed by atoms with Crippen LogP contribution in [0.4, 0.5) is 4.79 Å². The van der Waals surface area contributed by atoms with Crippen molar-refractivity contribution in [1.29, 1.82) is 0 Å². The molecule has 1 fully saturated rings. The number of benzene rings is 1. The first-order valence-corrected chi connectivity index (χ1v) is 5.28. The summed E-state index contributed by atoms with van der Waals surface area (Å²) in [6, 6.07) is 5.98. The van der Waals surface area contributed by atoms with Gasteiger partial charge < -0.3 is 14.8 Å². The van der Waals surface area contributed by atoms with Crippen LogP contribution in [0, 0.1) is 6.92 Å². The van der Waals surface area contributed by atoms with E-state index in [0.29, 0.717) is 6.61 Å². The third-order valence-electron chi connectivity index (χ3n) is 2.75. The number of hydrogen-bond acceptors (Lipinski definition) is 3. The zero-order valence-corrected chi connectivity index (χ0v) is 10.7. The molecule has 94 valence electrons. The van der Waals surface area contributed by atoms with Crippen molar-refractivity contribution >= 4 is 18.5 Å². The molecule has 0 radical (unpaired) electrons. The number of halogens is 1. The number of rotatable bonds is 2. The third-order valence-corrected chi connectivity index (χ3v) is 2.75. The SMILES string of the molecule is COc1ccc([C@@H]2CCOC(=O)N2)cc1C.Cl. The molecular formula is C12H16ClNO3. The van der Waals surface area contributed by atoms with Crippen LogP contribution in [0.2, 0.25) is 0 Å². The first kappa shape index (κ1) is 13.6. The summed E-state index contributed by atoms with van der Waals surface area (Å²) in [6.07, 6.45) is 0.460. The highest BCUT2D eigenvalue weighted by molar-refractivity contribution is 5.85. The second-order valence-corrected chi connectivity index (χ2v) is 3.85. The summed E-state index contributed by atoms with van der Waals surface area (Å²) in [5.74, 6) is 0.863. The van der Waals surface area contributed by atoms with Crippen molar-refractivity contribution in [3.05, 3.63) is 29.3 Å². The first-order chi connectivity index (χ1) is 7.70. The van der Waals surface area contributed by atoms with Gasteiger partial charge in [-0.05, 0) is 24.1 Å². The quantitative estimate of drug-likeness (QED) is 0.886. The van der Waals surface area contributed by atoms with Crippen molar-refractivity contribution in [2.75, 3.05) is 13.7 Å². The molecule has 1 amide bonds. The van der Waals surface area contributed by atoms with Crippen LogP contribution in [-0.4, -0.2) is 19.8 Å². The van der Waals surface area contributed by atoms with Crippen LogP contribution in [-0.2, 0) is 4.74 Å². The van der Waals surface area contributed by atoms with Gasteiger partial charge in [0.2, 0.25) is 0 Å². The number of cyclic esters (lactones) is 1. The maximum Gasteiger partial charge on any atom is 0.407 e. The van der Waals surface area contributed by atoms with Gasteiger partial charge in [0, 0.05) is 6.42 Å². The lowest BCUT2D eigenvalue weighted by Crippen LogP contribution is -2.35. The predicted molar refractivity (Wildman–Crippen MR) is 66.8 cm³/mol. The van der Waals surface area contributed by atoms with Crippen molar-refractivity contribution in [3.8, 4) is 5.75 Å². The summed E-state index contributed by atoms with van der Waals surface area (Å²) < 4.78 is 10.0. The maximum atomic E-state index is 11.1. The van der Waals surface area contributed by atoms with Gasteiger partial charge in [0.05, 0.1) is 19.8 Å². The molecule has 5 heteroatoms. The topological polar surface area (TPSA) is 47.6 Å². The number of hydrogen-bond donors (Lipinski definition) is 1. The highest BCUT2D eigenvalue weighted by Crippen LogP contribution is 2.25. The molecule has 0 aliphatic carbocycles. The second kappa shape index (κ2) is 5.77. The van der Waals surface area contributed by atoms with E-state index < -0.39 is 0 Å². The molecule has 17 heavy (non-hydrogen) atoms. The Bertz CT molecular complexity index is 409. The van der Waals surface area contributed by atoms with E-state index in [0.717, 1.165) is 23.3 Å². The molecule has 1 N–H and O–H groups in total. The molecular weight excluding hydrogens is 242 g/mol. The summed E-state index contributed by atoms with van der Waals surface area (Å²) in [7, 11) is 1.65. The molecule has 1 heterocycles. The van der Waals surface area contributed by atoms with E-state index in [2.05, 4.69) is 5.32 Å². The Kier molecular flexibility index (Phi) is 4.63. The zero-order valence-electron chi connectivity index (χ0n) is 9.86. The Hall–Kier alpha value is -1.42. The number of carbonyl (C=O) groups excluding carboxylic acids is 1. The largest absolute Gasteiger partial charge is 0.496 e. The Morgan fingerprint density at radius 2 is 2.24 bits per heavy atom. The number of ether oxygens (including phenoxy) is 2. The minimum absolute atomic E-state index is 0. The average molecular weight is 258 g/mol. The van der Waals surface area contributed by atoms with Gasteiger partial charge in [0.25, 0.3) is 0 Å². The van der Waals surface area contributed by atoms with Gasteiger partial charge in [-0.15, -0.1) is 12.4 Å². The summed E-state index contributed by atoms with van der Waals surface area (Å²) >= 11 is 0. The Morgan fingerprint density at radius 3 is 2.82 bits per heavy atom. The Morgan fingerprint density at radius 1 is 1.47 bits per heavy atom. The van der Waals surface area contributed by atoms with Gasteiger partial charge in [-0.25, -0.2) is 4.79 Å². The van der Waals surface area contributed by atoms with E-state index in [1.807, 2.05) is 25.1 Å². The molecule has 0 aromatic heterocycles. The number of methoxy groups -OCH3 is 1. The van der Waals surface area contributed by atoms with Gasteiger partial charge in [-0.1, -0.05) is 12.1 Å². The predicted octanol–water partition coefficient (Wildman–Crippen LogP) is 2.60. The van der Waals surface area contributed by atoms with Gasteiger partial charge in [0.1, 0.15) is 5.75 Å². The molecule has 0 saturated carbocycles. The lowest BCUT2D eigenvalue weighted by Gasteiger charge is -2.24. The van der Waals surface area contributed by atoms with E-state index in [4.69, 9.17) is 9.47 Å². The molecule has 1 saturated heterocycles. The normalized spacial score (nSPS) is 18.7. The maximum absolute atomic E-state index is 11.1. The van der Waals surface area contributed by atoms with Crippen molar-refractivity contribution in [1.82, 2.24) is 5.32 Å². The van der Waals surface area contributed by atoms with Crippen LogP contribution >= 0.6 is 12.4 Å². The molecule has 1 aliphatic heterocycles. The first-order valence-electron chi connectivity index (χ1n) is 5.28. The lowest BCUT2D eigenvalue weighted by molar-refractivity contribution is 0.115. The number of amides is 1. The van der Waals surface area contributed by atoms with E-state index in [9.17, 15) is 4.79 Å². The van der Waals surface area contributed by atoms with Crippen LogP contribution in [0.3, 0.4) is 0 Å². The third kappa shape index (κ3) is 3.03. The second-order valence-electron chi connectivity index (χ2n) is 3.85. The van der Waals surface area contributed by atoms with E-state index in [1.165, 1.54) is 0 Å². The Balaban J connectivity index is 0.00000144. The minimum Gasteiger partial charge on any atom is -0.496 e. The molecule has 4 nitrogen and oxygen atoms in total.